The lowest BCUT2D eigenvalue weighted by Crippen LogP contribution is -2.34. The molecule has 0 saturated heterocycles. The summed E-state index contributed by atoms with van der Waals surface area (Å²) in [5.74, 6) is -0.213. The summed E-state index contributed by atoms with van der Waals surface area (Å²) in [5, 5.41) is 5.59. The minimum atomic E-state index is -0.112. The second kappa shape index (κ2) is 8.32. The van der Waals surface area contributed by atoms with Crippen molar-refractivity contribution in [3.8, 4) is 0 Å². The topological polar surface area (TPSA) is 84.2 Å². The predicted octanol–water partition coefficient (Wildman–Crippen LogP) is 1.64. The van der Waals surface area contributed by atoms with Crippen LogP contribution in [0.1, 0.15) is 32.3 Å². The summed E-state index contributed by atoms with van der Waals surface area (Å²) >= 11 is 0. The molecule has 0 aliphatic heterocycles. The van der Waals surface area contributed by atoms with Crippen LogP contribution in [0.25, 0.3) is 0 Å². The summed E-state index contributed by atoms with van der Waals surface area (Å²) < 4.78 is 0. The number of carbonyl (C=O) groups excluding carboxylic acids is 2. The Labute approximate surface area is 119 Å². The van der Waals surface area contributed by atoms with Crippen LogP contribution < -0.4 is 16.4 Å². The molecule has 0 spiro atoms. The van der Waals surface area contributed by atoms with Crippen molar-refractivity contribution >= 4 is 17.5 Å². The van der Waals surface area contributed by atoms with Gasteiger partial charge in [-0.1, -0.05) is 25.5 Å². The van der Waals surface area contributed by atoms with Crippen LogP contribution in [0.2, 0.25) is 0 Å². The Morgan fingerprint density at radius 3 is 2.40 bits per heavy atom. The molecule has 5 nitrogen and oxygen atoms in total. The van der Waals surface area contributed by atoms with Crippen LogP contribution in [0.5, 0.6) is 0 Å². The standard InChI is InChI=1S/C15H23N3O2/c1-3-4-13(9-16)15(20)17-10-12-5-7-14(8-6-12)18-11(2)19/h5-8,13H,3-4,9-10,16H2,1-2H3,(H,17,20)(H,18,19). The maximum atomic E-state index is 11.9. The van der Waals surface area contributed by atoms with Gasteiger partial charge in [-0.25, -0.2) is 0 Å². The zero-order chi connectivity index (χ0) is 15.0. The van der Waals surface area contributed by atoms with Gasteiger partial charge in [-0.15, -0.1) is 0 Å². The van der Waals surface area contributed by atoms with Gasteiger partial charge in [0.15, 0.2) is 0 Å². The molecule has 1 unspecified atom stereocenters. The molecule has 0 aromatic heterocycles. The zero-order valence-corrected chi connectivity index (χ0v) is 12.1. The third kappa shape index (κ3) is 5.40. The fraction of sp³-hybridized carbons (Fsp3) is 0.467. The van der Waals surface area contributed by atoms with E-state index in [-0.39, 0.29) is 17.7 Å². The second-order valence-electron chi connectivity index (χ2n) is 4.82. The highest BCUT2D eigenvalue weighted by molar-refractivity contribution is 5.88. The molecule has 5 heteroatoms. The van der Waals surface area contributed by atoms with E-state index in [0.29, 0.717) is 13.1 Å². The molecule has 0 aliphatic carbocycles. The first kappa shape index (κ1) is 16.2. The van der Waals surface area contributed by atoms with Crippen molar-refractivity contribution in [3.63, 3.8) is 0 Å². The molecule has 0 saturated carbocycles. The van der Waals surface area contributed by atoms with Gasteiger partial charge in [0.1, 0.15) is 0 Å². The SMILES string of the molecule is CCCC(CN)C(=O)NCc1ccc(NC(C)=O)cc1. The number of amides is 2. The lowest BCUT2D eigenvalue weighted by molar-refractivity contribution is -0.125. The average molecular weight is 277 g/mol. The maximum absolute atomic E-state index is 11.9. The van der Waals surface area contributed by atoms with Crippen molar-refractivity contribution in [2.75, 3.05) is 11.9 Å². The van der Waals surface area contributed by atoms with E-state index in [0.717, 1.165) is 24.1 Å². The fourth-order valence-corrected chi connectivity index (χ4v) is 1.95. The highest BCUT2D eigenvalue weighted by Crippen LogP contribution is 2.10. The molecular formula is C15H23N3O2. The van der Waals surface area contributed by atoms with Gasteiger partial charge in [0.05, 0.1) is 5.92 Å². The molecule has 20 heavy (non-hydrogen) atoms. The third-order valence-corrected chi connectivity index (χ3v) is 3.03. The number of carbonyl (C=O) groups is 2. The predicted molar refractivity (Wildman–Crippen MR) is 80.0 cm³/mol. The first-order valence-electron chi connectivity index (χ1n) is 6.91. The molecule has 110 valence electrons. The Bertz CT molecular complexity index is 443. The Balaban J connectivity index is 2.48. The second-order valence-corrected chi connectivity index (χ2v) is 4.82. The van der Waals surface area contributed by atoms with E-state index in [9.17, 15) is 9.59 Å². The quantitative estimate of drug-likeness (QED) is 0.708. The summed E-state index contributed by atoms with van der Waals surface area (Å²) in [7, 11) is 0. The van der Waals surface area contributed by atoms with Gasteiger partial charge >= 0.3 is 0 Å². The number of hydrogen-bond acceptors (Lipinski definition) is 3. The monoisotopic (exact) mass is 277 g/mol. The fourth-order valence-electron chi connectivity index (χ4n) is 1.95. The van der Waals surface area contributed by atoms with Crippen LogP contribution in [0.3, 0.4) is 0 Å². The molecule has 1 rings (SSSR count). The molecule has 4 N–H and O–H groups in total. The smallest absolute Gasteiger partial charge is 0.224 e. The summed E-state index contributed by atoms with van der Waals surface area (Å²) in [4.78, 5) is 22.8. The molecular weight excluding hydrogens is 254 g/mol. The largest absolute Gasteiger partial charge is 0.352 e. The minimum Gasteiger partial charge on any atom is -0.352 e. The Morgan fingerprint density at radius 1 is 1.25 bits per heavy atom. The molecule has 0 fully saturated rings. The van der Waals surface area contributed by atoms with Crippen molar-refractivity contribution in [1.82, 2.24) is 5.32 Å². The molecule has 1 aromatic carbocycles. The van der Waals surface area contributed by atoms with Crippen molar-refractivity contribution in [1.29, 1.82) is 0 Å². The van der Waals surface area contributed by atoms with Gasteiger partial charge in [0.25, 0.3) is 0 Å². The number of nitrogens with one attached hydrogen (secondary N) is 2. The van der Waals surface area contributed by atoms with Crippen LogP contribution in [-0.2, 0) is 16.1 Å². The normalized spacial score (nSPS) is 11.8. The molecule has 1 aromatic rings. The van der Waals surface area contributed by atoms with E-state index in [2.05, 4.69) is 10.6 Å². The lowest BCUT2D eigenvalue weighted by Gasteiger charge is -2.14. The van der Waals surface area contributed by atoms with Crippen molar-refractivity contribution in [3.05, 3.63) is 29.8 Å². The number of nitrogens with two attached hydrogens (primary N) is 1. The number of rotatable bonds is 7. The van der Waals surface area contributed by atoms with Crippen LogP contribution in [0, 0.1) is 5.92 Å². The van der Waals surface area contributed by atoms with Crippen LogP contribution >= 0.6 is 0 Å². The van der Waals surface area contributed by atoms with E-state index in [1.807, 2.05) is 31.2 Å². The van der Waals surface area contributed by atoms with Crippen LogP contribution in [0.4, 0.5) is 5.69 Å². The highest BCUT2D eigenvalue weighted by atomic mass is 16.2. The van der Waals surface area contributed by atoms with Gasteiger partial charge in [0.2, 0.25) is 11.8 Å². The van der Waals surface area contributed by atoms with Crippen molar-refractivity contribution < 1.29 is 9.59 Å². The van der Waals surface area contributed by atoms with Crippen LogP contribution in [0.15, 0.2) is 24.3 Å². The van der Waals surface area contributed by atoms with Gasteiger partial charge in [-0.2, -0.15) is 0 Å². The minimum absolute atomic E-state index is 0.000266. The molecule has 0 aliphatic rings. The average Bonchev–Trinajstić information content (AvgIpc) is 2.43. The van der Waals surface area contributed by atoms with E-state index in [4.69, 9.17) is 5.73 Å². The summed E-state index contributed by atoms with van der Waals surface area (Å²) in [6, 6.07) is 7.39. The van der Waals surface area contributed by atoms with E-state index < -0.39 is 0 Å². The lowest BCUT2D eigenvalue weighted by atomic mass is 10.0. The van der Waals surface area contributed by atoms with Crippen molar-refractivity contribution in [2.45, 2.75) is 33.2 Å². The first-order chi connectivity index (χ1) is 9.56. The summed E-state index contributed by atoms with van der Waals surface area (Å²) in [5.41, 5.74) is 7.33. The van der Waals surface area contributed by atoms with Crippen molar-refractivity contribution in [2.24, 2.45) is 11.7 Å². The summed E-state index contributed by atoms with van der Waals surface area (Å²) in [6.07, 6.45) is 1.75. The molecule has 0 bridgehead atoms. The molecule has 1 atom stereocenters. The molecule has 0 radical (unpaired) electrons. The Kier molecular flexibility index (Phi) is 6.73. The number of hydrogen-bond donors (Lipinski definition) is 3. The van der Waals surface area contributed by atoms with E-state index >= 15 is 0 Å². The van der Waals surface area contributed by atoms with Gasteiger partial charge in [0, 0.05) is 25.7 Å². The summed E-state index contributed by atoms with van der Waals surface area (Å²) in [6.45, 7) is 4.35. The van der Waals surface area contributed by atoms with Gasteiger partial charge in [-0.05, 0) is 24.1 Å². The van der Waals surface area contributed by atoms with Gasteiger partial charge in [-0.3, -0.25) is 9.59 Å². The van der Waals surface area contributed by atoms with E-state index in [1.54, 1.807) is 0 Å². The zero-order valence-electron chi connectivity index (χ0n) is 12.1. The number of benzene rings is 1. The molecule has 0 heterocycles. The van der Waals surface area contributed by atoms with Crippen LogP contribution in [-0.4, -0.2) is 18.4 Å². The Hall–Kier alpha value is -1.88. The Morgan fingerprint density at radius 2 is 1.90 bits per heavy atom. The third-order valence-electron chi connectivity index (χ3n) is 3.03. The van der Waals surface area contributed by atoms with E-state index in [1.165, 1.54) is 6.92 Å². The number of anilines is 1. The maximum Gasteiger partial charge on any atom is 0.224 e. The van der Waals surface area contributed by atoms with Gasteiger partial charge < -0.3 is 16.4 Å². The highest BCUT2D eigenvalue weighted by Gasteiger charge is 2.14. The first-order valence-corrected chi connectivity index (χ1v) is 6.91. The molecule has 2 amide bonds.